The zero-order valence-corrected chi connectivity index (χ0v) is 11.5. The molecular weight excluding hydrogens is 272 g/mol. The Hall–Kier alpha value is -2.83. The van der Waals surface area contributed by atoms with Gasteiger partial charge in [-0.15, -0.1) is 0 Å². The Bertz CT molecular complexity index is 624. The molecule has 21 heavy (non-hydrogen) atoms. The Morgan fingerprint density at radius 1 is 1.33 bits per heavy atom. The smallest absolute Gasteiger partial charge is 0.326 e. The topological polar surface area (TPSA) is 96.2 Å². The number of benzene rings is 1. The van der Waals surface area contributed by atoms with Gasteiger partial charge in [-0.05, 0) is 5.56 Å². The van der Waals surface area contributed by atoms with Gasteiger partial charge < -0.3 is 15.7 Å². The number of anilines is 1. The van der Waals surface area contributed by atoms with Crippen molar-refractivity contribution in [3.05, 3.63) is 48.3 Å². The van der Waals surface area contributed by atoms with Gasteiger partial charge in [0.1, 0.15) is 6.04 Å². The molecule has 7 nitrogen and oxygen atoms in total. The van der Waals surface area contributed by atoms with E-state index in [-0.39, 0.29) is 6.42 Å². The molecule has 2 amide bonds. The fourth-order valence-electron chi connectivity index (χ4n) is 1.86. The van der Waals surface area contributed by atoms with Gasteiger partial charge >= 0.3 is 12.0 Å². The molecule has 0 radical (unpaired) electrons. The summed E-state index contributed by atoms with van der Waals surface area (Å²) in [6, 6.07) is 7.55. The second-order valence-electron chi connectivity index (χ2n) is 4.58. The Morgan fingerprint density at radius 3 is 2.62 bits per heavy atom. The van der Waals surface area contributed by atoms with Crippen LogP contribution in [-0.2, 0) is 18.3 Å². The first-order chi connectivity index (χ1) is 10.0. The monoisotopic (exact) mass is 288 g/mol. The van der Waals surface area contributed by atoms with Crippen LogP contribution in [-0.4, -0.2) is 32.9 Å². The number of hydrogen-bond acceptors (Lipinski definition) is 3. The van der Waals surface area contributed by atoms with Crippen LogP contribution in [0.1, 0.15) is 5.56 Å². The third kappa shape index (κ3) is 4.34. The molecule has 0 bridgehead atoms. The lowest BCUT2D eigenvalue weighted by atomic mass is 10.1. The van der Waals surface area contributed by atoms with Gasteiger partial charge in [-0.3, -0.25) is 4.68 Å². The molecule has 3 N–H and O–H groups in total. The molecule has 0 fully saturated rings. The van der Waals surface area contributed by atoms with E-state index < -0.39 is 18.0 Å². The minimum atomic E-state index is -1.08. The van der Waals surface area contributed by atoms with E-state index in [1.165, 1.54) is 10.9 Å². The third-order valence-corrected chi connectivity index (χ3v) is 2.85. The summed E-state index contributed by atoms with van der Waals surface area (Å²) in [4.78, 5) is 23.0. The molecule has 2 rings (SSSR count). The van der Waals surface area contributed by atoms with Crippen LogP contribution in [0.15, 0.2) is 42.7 Å². The first kappa shape index (κ1) is 14.6. The number of carboxylic acid groups (broad SMARTS) is 1. The Morgan fingerprint density at radius 2 is 2.05 bits per heavy atom. The molecule has 1 aromatic heterocycles. The maximum atomic E-state index is 11.8. The second kappa shape index (κ2) is 6.56. The molecule has 0 aliphatic heterocycles. The highest BCUT2D eigenvalue weighted by atomic mass is 16.4. The maximum absolute atomic E-state index is 11.8. The lowest BCUT2D eigenvalue weighted by Crippen LogP contribution is -2.44. The summed E-state index contributed by atoms with van der Waals surface area (Å²) < 4.78 is 1.54. The predicted molar refractivity (Wildman–Crippen MR) is 76.9 cm³/mol. The Labute approximate surface area is 121 Å². The van der Waals surface area contributed by atoms with E-state index in [0.29, 0.717) is 5.69 Å². The molecular formula is C14H16N4O3. The van der Waals surface area contributed by atoms with Gasteiger partial charge in [-0.1, -0.05) is 30.3 Å². The lowest BCUT2D eigenvalue weighted by Gasteiger charge is -2.14. The maximum Gasteiger partial charge on any atom is 0.326 e. The molecule has 2 aromatic rings. The molecule has 0 saturated carbocycles. The van der Waals surface area contributed by atoms with Crippen LogP contribution in [0.5, 0.6) is 0 Å². The fourth-order valence-corrected chi connectivity index (χ4v) is 1.86. The quantitative estimate of drug-likeness (QED) is 0.771. The van der Waals surface area contributed by atoms with Crippen molar-refractivity contribution >= 4 is 17.7 Å². The molecule has 0 unspecified atom stereocenters. The van der Waals surface area contributed by atoms with Gasteiger partial charge in [0.25, 0.3) is 0 Å². The van der Waals surface area contributed by atoms with E-state index in [4.69, 9.17) is 0 Å². The number of aromatic nitrogens is 2. The number of carbonyl (C=O) groups excluding carboxylic acids is 1. The highest BCUT2D eigenvalue weighted by molar-refractivity contribution is 5.92. The number of hydrogen-bond donors (Lipinski definition) is 3. The molecule has 0 aliphatic rings. The van der Waals surface area contributed by atoms with Gasteiger partial charge in [-0.2, -0.15) is 5.10 Å². The fraction of sp³-hybridized carbons (Fsp3) is 0.214. The Balaban J connectivity index is 1.96. The van der Waals surface area contributed by atoms with Crippen molar-refractivity contribution < 1.29 is 14.7 Å². The average Bonchev–Trinajstić information content (AvgIpc) is 2.84. The molecule has 110 valence electrons. The number of carboxylic acids is 1. The first-order valence-corrected chi connectivity index (χ1v) is 6.37. The van der Waals surface area contributed by atoms with Crippen molar-refractivity contribution in [1.82, 2.24) is 15.1 Å². The van der Waals surface area contributed by atoms with Crippen LogP contribution in [0, 0.1) is 0 Å². The second-order valence-corrected chi connectivity index (χ2v) is 4.58. The predicted octanol–water partition coefficient (Wildman–Crippen LogP) is 1.24. The van der Waals surface area contributed by atoms with Crippen LogP contribution in [0.3, 0.4) is 0 Å². The third-order valence-electron chi connectivity index (χ3n) is 2.85. The first-order valence-electron chi connectivity index (χ1n) is 6.37. The van der Waals surface area contributed by atoms with Crippen LogP contribution < -0.4 is 10.6 Å². The van der Waals surface area contributed by atoms with Crippen LogP contribution >= 0.6 is 0 Å². The lowest BCUT2D eigenvalue weighted by molar-refractivity contribution is -0.139. The van der Waals surface area contributed by atoms with E-state index in [2.05, 4.69) is 15.7 Å². The van der Waals surface area contributed by atoms with Gasteiger partial charge in [0.2, 0.25) is 0 Å². The van der Waals surface area contributed by atoms with Crippen molar-refractivity contribution in [1.29, 1.82) is 0 Å². The molecule has 1 aromatic carbocycles. The van der Waals surface area contributed by atoms with Crippen molar-refractivity contribution in [3.63, 3.8) is 0 Å². The zero-order chi connectivity index (χ0) is 15.2. The number of rotatable bonds is 5. The van der Waals surface area contributed by atoms with Crippen LogP contribution in [0.25, 0.3) is 0 Å². The highest BCUT2D eigenvalue weighted by Crippen LogP contribution is 2.05. The largest absolute Gasteiger partial charge is 0.480 e. The molecule has 0 spiro atoms. The summed E-state index contributed by atoms with van der Waals surface area (Å²) in [7, 11) is 1.72. The van der Waals surface area contributed by atoms with E-state index in [1.54, 1.807) is 13.2 Å². The highest BCUT2D eigenvalue weighted by Gasteiger charge is 2.20. The SMILES string of the molecule is Cn1cc(NC(=O)N[C@@H](Cc2ccccc2)C(=O)O)cn1. The van der Waals surface area contributed by atoms with Gasteiger partial charge in [-0.25, -0.2) is 9.59 Å². The van der Waals surface area contributed by atoms with E-state index in [1.807, 2.05) is 30.3 Å². The number of amides is 2. The summed E-state index contributed by atoms with van der Waals surface area (Å²) in [5, 5.41) is 18.1. The van der Waals surface area contributed by atoms with Crippen molar-refractivity contribution in [2.45, 2.75) is 12.5 Å². The molecule has 1 heterocycles. The number of urea groups is 1. The van der Waals surface area contributed by atoms with Crippen molar-refractivity contribution in [3.8, 4) is 0 Å². The number of nitrogens with one attached hydrogen (secondary N) is 2. The molecule has 0 saturated heterocycles. The molecule has 7 heteroatoms. The standard InChI is InChI=1S/C14H16N4O3/c1-18-9-11(8-15-18)16-14(21)17-12(13(19)20)7-10-5-3-2-4-6-10/h2-6,8-9,12H,7H2,1H3,(H,19,20)(H2,16,17,21)/t12-/m0/s1. The van der Waals surface area contributed by atoms with E-state index in [0.717, 1.165) is 5.56 Å². The summed E-state index contributed by atoms with van der Waals surface area (Å²) in [6.07, 6.45) is 3.32. The summed E-state index contributed by atoms with van der Waals surface area (Å²) in [5.41, 5.74) is 1.34. The van der Waals surface area contributed by atoms with E-state index in [9.17, 15) is 14.7 Å². The van der Waals surface area contributed by atoms with Crippen LogP contribution in [0.2, 0.25) is 0 Å². The average molecular weight is 288 g/mol. The minimum absolute atomic E-state index is 0.219. The number of aliphatic carboxylic acids is 1. The van der Waals surface area contributed by atoms with E-state index >= 15 is 0 Å². The van der Waals surface area contributed by atoms with Crippen molar-refractivity contribution in [2.24, 2.45) is 7.05 Å². The number of carbonyl (C=O) groups is 2. The Kier molecular flexibility index (Phi) is 4.55. The summed E-state index contributed by atoms with van der Waals surface area (Å²) in [6.45, 7) is 0. The van der Waals surface area contributed by atoms with Gasteiger partial charge in [0, 0.05) is 19.7 Å². The molecule has 0 aliphatic carbocycles. The number of nitrogens with zero attached hydrogens (tertiary/aromatic N) is 2. The zero-order valence-electron chi connectivity index (χ0n) is 11.5. The molecule has 1 atom stereocenters. The number of aryl methyl sites for hydroxylation is 1. The van der Waals surface area contributed by atoms with Crippen molar-refractivity contribution in [2.75, 3.05) is 5.32 Å². The van der Waals surface area contributed by atoms with Crippen LogP contribution in [0.4, 0.5) is 10.5 Å². The summed E-state index contributed by atoms with van der Waals surface area (Å²) >= 11 is 0. The summed E-state index contributed by atoms with van der Waals surface area (Å²) in [5.74, 6) is -1.08. The normalized spacial score (nSPS) is 11.7. The van der Waals surface area contributed by atoms with Gasteiger partial charge in [0.05, 0.1) is 11.9 Å². The van der Waals surface area contributed by atoms with Gasteiger partial charge in [0.15, 0.2) is 0 Å². The minimum Gasteiger partial charge on any atom is -0.480 e.